The maximum absolute atomic E-state index is 13.1. The summed E-state index contributed by atoms with van der Waals surface area (Å²) in [7, 11) is 0. The molecule has 4 aromatic heterocycles. The number of H-pyrrole nitrogens is 1. The lowest BCUT2D eigenvalue weighted by molar-refractivity contribution is 0.218. The third-order valence-corrected chi connectivity index (χ3v) is 7.29. The van der Waals surface area contributed by atoms with Crippen molar-refractivity contribution in [2.45, 2.75) is 53.9 Å². The molecule has 4 heterocycles. The van der Waals surface area contributed by atoms with E-state index >= 15 is 0 Å². The number of aromatic nitrogens is 4. The first-order valence-corrected chi connectivity index (χ1v) is 10.8. The third-order valence-electron chi connectivity index (χ3n) is 6.14. The number of nitrogens with one attached hydrogen (secondary N) is 1. The Morgan fingerprint density at radius 3 is 2.76 bits per heavy atom. The minimum Gasteiger partial charge on any atom is -0.336 e. The first kappa shape index (κ1) is 18.5. The van der Waals surface area contributed by atoms with Crippen molar-refractivity contribution in [3.8, 4) is 11.4 Å². The third kappa shape index (κ3) is 2.90. The molecule has 0 radical (unpaired) electrons. The minimum absolute atomic E-state index is 0.0616. The molecule has 6 nitrogen and oxygen atoms in total. The summed E-state index contributed by atoms with van der Waals surface area (Å²) in [4.78, 5) is 27.5. The highest BCUT2D eigenvalue weighted by atomic mass is 32.1. The summed E-state index contributed by atoms with van der Waals surface area (Å²) in [6, 6.07) is 1.93. The van der Waals surface area contributed by atoms with E-state index in [4.69, 9.17) is 9.51 Å². The van der Waals surface area contributed by atoms with Crippen LogP contribution in [0.4, 0.5) is 0 Å². The van der Waals surface area contributed by atoms with Gasteiger partial charge in [0.05, 0.1) is 16.5 Å². The van der Waals surface area contributed by atoms with Crippen LogP contribution in [0.2, 0.25) is 0 Å². The van der Waals surface area contributed by atoms with E-state index in [1.807, 2.05) is 19.9 Å². The molecule has 29 heavy (non-hydrogen) atoms. The molecule has 0 aromatic carbocycles. The quantitative estimate of drug-likeness (QED) is 0.481. The fourth-order valence-electron chi connectivity index (χ4n) is 4.46. The zero-order valence-electron chi connectivity index (χ0n) is 17.3. The molecule has 150 valence electrons. The van der Waals surface area contributed by atoms with Gasteiger partial charge in [-0.25, -0.2) is 9.97 Å². The Balaban J connectivity index is 1.70. The van der Waals surface area contributed by atoms with Gasteiger partial charge in [-0.1, -0.05) is 25.9 Å². The van der Waals surface area contributed by atoms with Gasteiger partial charge in [-0.2, -0.15) is 0 Å². The summed E-state index contributed by atoms with van der Waals surface area (Å²) >= 11 is 1.67. The summed E-state index contributed by atoms with van der Waals surface area (Å²) in [5.74, 6) is 1.18. The predicted octanol–water partition coefficient (Wildman–Crippen LogP) is 4.96. The molecule has 0 spiro atoms. The molecule has 0 aliphatic heterocycles. The molecular weight excluding hydrogens is 384 g/mol. The molecule has 1 N–H and O–H groups in total. The molecule has 0 unspecified atom stereocenters. The average molecular weight is 409 g/mol. The van der Waals surface area contributed by atoms with Crippen molar-refractivity contribution in [2.75, 3.05) is 0 Å². The highest BCUT2D eigenvalue weighted by Gasteiger charge is 2.31. The van der Waals surface area contributed by atoms with Gasteiger partial charge in [-0.05, 0) is 56.1 Å². The summed E-state index contributed by atoms with van der Waals surface area (Å²) < 4.78 is 5.34. The fraction of sp³-hybridized carbons (Fsp3) is 0.455. The van der Waals surface area contributed by atoms with Gasteiger partial charge >= 0.3 is 0 Å². The van der Waals surface area contributed by atoms with E-state index < -0.39 is 0 Å². The van der Waals surface area contributed by atoms with Gasteiger partial charge in [0.2, 0.25) is 0 Å². The van der Waals surface area contributed by atoms with Crippen molar-refractivity contribution in [1.82, 2.24) is 20.1 Å². The standard InChI is InChI=1S/C22H24N4O2S/c1-10-8-14(16-11(2)26-28-20(16)23-10)18-24-19(27)17-13-7-6-12(22(3,4)5)9-15(13)29-21(17)25-18/h8,12H,6-7,9H2,1-5H3,(H,24,25,27)/t12-/m0/s1. The van der Waals surface area contributed by atoms with Crippen molar-refractivity contribution < 1.29 is 4.52 Å². The van der Waals surface area contributed by atoms with Crippen LogP contribution in [0.15, 0.2) is 15.4 Å². The highest BCUT2D eigenvalue weighted by Crippen LogP contribution is 2.42. The van der Waals surface area contributed by atoms with Crippen molar-refractivity contribution in [3.05, 3.63) is 38.2 Å². The van der Waals surface area contributed by atoms with E-state index in [9.17, 15) is 4.79 Å². The lowest BCUT2D eigenvalue weighted by Gasteiger charge is -2.33. The van der Waals surface area contributed by atoms with Crippen LogP contribution < -0.4 is 5.56 Å². The van der Waals surface area contributed by atoms with Gasteiger partial charge in [-0.15, -0.1) is 11.3 Å². The molecule has 1 atom stereocenters. The van der Waals surface area contributed by atoms with Crippen molar-refractivity contribution in [3.63, 3.8) is 0 Å². The van der Waals surface area contributed by atoms with Crippen LogP contribution in [0, 0.1) is 25.2 Å². The van der Waals surface area contributed by atoms with Crippen molar-refractivity contribution in [2.24, 2.45) is 11.3 Å². The molecule has 5 rings (SSSR count). The molecular formula is C22H24N4O2S. The molecule has 0 saturated heterocycles. The van der Waals surface area contributed by atoms with Gasteiger partial charge in [0, 0.05) is 16.1 Å². The molecule has 0 fully saturated rings. The SMILES string of the molecule is Cc1cc(-c2nc3sc4c(c3c(=O)[nH]2)CC[C@H](C(C)(C)C)C4)c2c(C)noc2n1. The van der Waals surface area contributed by atoms with Gasteiger partial charge in [0.1, 0.15) is 10.7 Å². The summed E-state index contributed by atoms with van der Waals surface area (Å²) in [5.41, 5.74) is 4.22. The van der Waals surface area contributed by atoms with Crippen LogP contribution in [0.5, 0.6) is 0 Å². The van der Waals surface area contributed by atoms with Crippen molar-refractivity contribution >= 4 is 32.7 Å². The first-order chi connectivity index (χ1) is 13.7. The number of pyridine rings is 1. The molecule has 0 amide bonds. The Kier molecular flexibility index (Phi) is 3.97. The number of thiophene rings is 1. The van der Waals surface area contributed by atoms with Crippen molar-refractivity contribution in [1.29, 1.82) is 0 Å². The molecule has 0 saturated carbocycles. The molecule has 1 aliphatic carbocycles. The summed E-state index contributed by atoms with van der Waals surface area (Å²) in [6.07, 6.45) is 3.09. The molecule has 7 heteroatoms. The Morgan fingerprint density at radius 2 is 2.00 bits per heavy atom. The fourth-order valence-corrected chi connectivity index (χ4v) is 5.76. The second kappa shape index (κ2) is 6.23. The van der Waals surface area contributed by atoms with Gasteiger partial charge in [0.25, 0.3) is 11.3 Å². The van der Waals surface area contributed by atoms with Crippen LogP contribution in [-0.2, 0) is 12.8 Å². The van der Waals surface area contributed by atoms with Gasteiger partial charge in [0.15, 0.2) is 0 Å². The Morgan fingerprint density at radius 1 is 1.21 bits per heavy atom. The van der Waals surface area contributed by atoms with Crippen LogP contribution in [-0.4, -0.2) is 20.1 Å². The summed E-state index contributed by atoms with van der Waals surface area (Å²) in [5, 5.41) is 5.60. The maximum atomic E-state index is 13.1. The number of hydrogen-bond acceptors (Lipinski definition) is 6. The molecule has 0 bridgehead atoms. The van der Waals surface area contributed by atoms with Crippen LogP contribution >= 0.6 is 11.3 Å². The Hall–Kier alpha value is -2.54. The lowest BCUT2D eigenvalue weighted by Crippen LogP contribution is -2.26. The van der Waals surface area contributed by atoms with E-state index in [2.05, 4.69) is 35.9 Å². The highest BCUT2D eigenvalue weighted by molar-refractivity contribution is 7.18. The first-order valence-electron chi connectivity index (χ1n) is 10.0. The second-order valence-electron chi connectivity index (χ2n) is 9.16. The maximum Gasteiger partial charge on any atom is 0.260 e. The normalized spacial score (nSPS) is 17.2. The topological polar surface area (TPSA) is 84.7 Å². The van der Waals surface area contributed by atoms with Crippen LogP contribution in [0.3, 0.4) is 0 Å². The van der Waals surface area contributed by atoms with Crippen LogP contribution in [0.25, 0.3) is 32.7 Å². The smallest absolute Gasteiger partial charge is 0.260 e. The number of fused-ring (bicyclic) bond motifs is 4. The monoisotopic (exact) mass is 408 g/mol. The van der Waals surface area contributed by atoms with E-state index in [0.29, 0.717) is 17.5 Å². The van der Waals surface area contributed by atoms with E-state index in [-0.39, 0.29) is 11.0 Å². The van der Waals surface area contributed by atoms with Crippen LogP contribution in [0.1, 0.15) is 49.0 Å². The van der Waals surface area contributed by atoms with E-state index in [0.717, 1.165) is 51.8 Å². The number of rotatable bonds is 1. The lowest BCUT2D eigenvalue weighted by atomic mass is 9.72. The number of aromatic amines is 1. The van der Waals surface area contributed by atoms with E-state index in [1.54, 1.807) is 11.3 Å². The molecule has 1 aliphatic rings. The van der Waals surface area contributed by atoms with E-state index in [1.165, 1.54) is 10.4 Å². The second-order valence-corrected chi connectivity index (χ2v) is 10.2. The zero-order chi connectivity index (χ0) is 20.5. The number of aryl methyl sites for hydroxylation is 3. The zero-order valence-corrected chi connectivity index (χ0v) is 18.2. The predicted molar refractivity (Wildman–Crippen MR) is 115 cm³/mol. The Labute approximate surface area is 172 Å². The number of nitrogens with zero attached hydrogens (tertiary/aromatic N) is 3. The number of hydrogen-bond donors (Lipinski definition) is 1. The average Bonchev–Trinajstić information content (AvgIpc) is 3.20. The van der Waals surface area contributed by atoms with Gasteiger partial charge < -0.3 is 9.51 Å². The Bertz CT molecular complexity index is 1320. The molecule has 4 aromatic rings. The largest absolute Gasteiger partial charge is 0.336 e. The minimum atomic E-state index is -0.0616. The van der Waals surface area contributed by atoms with Gasteiger partial charge in [-0.3, -0.25) is 4.79 Å². The summed E-state index contributed by atoms with van der Waals surface area (Å²) in [6.45, 7) is 10.7.